The van der Waals surface area contributed by atoms with Crippen LogP contribution in [0.15, 0.2) is 60.9 Å². The lowest BCUT2D eigenvalue weighted by molar-refractivity contribution is 0.149. The van der Waals surface area contributed by atoms with Gasteiger partial charge >= 0.3 is 0 Å². The Morgan fingerprint density at radius 3 is 2.46 bits per heavy atom. The third-order valence-corrected chi connectivity index (χ3v) is 5.09. The van der Waals surface area contributed by atoms with Crippen molar-refractivity contribution >= 4 is 16.7 Å². The number of nitrogens with zero attached hydrogens (tertiary/aromatic N) is 4. The molecule has 5 nitrogen and oxygen atoms in total. The average Bonchev–Trinajstić information content (AvgIpc) is 2.70. The first-order chi connectivity index (χ1) is 12.8. The van der Waals surface area contributed by atoms with Gasteiger partial charge in [-0.2, -0.15) is 0 Å². The number of aromatic nitrogens is 2. The van der Waals surface area contributed by atoms with E-state index in [4.69, 9.17) is 0 Å². The molecule has 5 heteroatoms. The molecule has 134 valence electrons. The van der Waals surface area contributed by atoms with E-state index in [0.29, 0.717) is 0 Å². The maximum absolute atomic E-state index is 4.53. The molecule has 2 aromatic carbocycles. The van der Waals surface area contributed by atoms with Crippen molar-refractivity contribution < 1.29 is 0 Å². The van der Waals surface area contributed by atoms with Crippen LogP contribution in [0.25, 0.3) is 10.9 Å². The second-order valence-corrected chi connectivity index (χ2v) is 6.95. The third-order valence-electron chi connectivity index (χ3n) is 5.09. The number of benzene rings is 2. The van der Waals surface area contributed by atoms with Gasteiger partial charge < -0.3 is 10.2 Å². The van der Waals surface area contributed by atoms with Crippen molar-refractivity contribution in [3.63, 3.8) is 0 Å². The van der Waals surface area contributed by atoms with Gasteiger partial charge in [-0.05, 0) is 24.7 Å². The van der Waals surface area contributed by atoms with Crippen LogP contribution in [-0.4, -0.2) is 59.5 Å². The molecule has 0 radical (unpaired) electrons. The Morgan fingerprint density at radius 1 is 0.923 bits per heavy atom. The molecule has 0 bridgehead atoms. The summed E-state index contributed by atoms with van der Waals surface area (Å²) in [6.07, 6.45) is 1.64. The standard InChI is InChI=1S/C21H25N5/c1-25-11-13-26(14-12-25)15-20(17-7-3-2-4-8-17)24-21-18-9-5-6-10-19(18)22-16-23-21/h2-10,16,20H,11-15H2,1H3,(H,22,23,24)/t20-/m1/s1. The lowest BCUT2D eigenvalue weighted by Crippen LogP contribution is -2.46. The molecule has 1 N–H and O–H groups in total. The van der Waals surface area contributed by atoms with Gasteiger partial charge in [0.2, 0.25) is 0 Å². The SMILES string of the molecule is CN1CCN(C[C@@H](Nc2ncnc3ccccc23)c2ccccc2)CC1. The molecule has 3 aromatic rings. The highest BCUT2D eigenvalue weighted by molar-refractivity contribution is 5.88. The van der Waals surface area contributed by atoms with Crippen LogP contribution >= 0.6 is 0 Å². The fourth-order valence-corrected chi connectivity index (χ4v) is 3.49. The fraction of sp³-hybridized carbons (Fsp3) is 0.333. The molecule has 1 aliphatic heterocycles. The van der Waals surface area contributed by atoms with Crippen LogP contribution in [0.2, 0.25) is 0 Å². The van der Waals surface area contributed by atoms with Gasteiger partial charge in [-0.1, -0.05) is 42.5 Å². The Morgan fingerprint density at radius 2 is 1.65 bits per heavy atom. The van der Waals surface area contributed by atoms with Crippen LogP contribution in [0.4, 0.5) is 5.82 Å². The molecule has 0 aliphatic carbocycles. The summed E-state index contributed by atoms with van der Waals surface area (Å²) in [7, 11) is 2.19. The van der Waals surface area contributed by atoms with E-state index in [1.165, 1.54) is 5.56 Å². The van der Waals surface area contributed by atoms with E-state index >= 15 is 0 Å². The number of para-hydroxylation sites is 1. The molecule has 1 saturated heterocycles. The maximum atomic E-state index is 4.53. The van der Waals surface area contributed by atoms with Crippen LogP contribution in [0.3, 0.4) is 0 Å². The lowest BCUT2D eigenvalue weighted by atomic mass is 10.1. The monoisotopic (exact) mass is 347 g/mol. The molecule has 4 rings (SSSR count). The Kier molecular flexibility index (Phi) is 5.09. The number of hydrogen-bond acceptors (Lipinski definition) is 5. The van der Waals surface area contributed by atoms with E-state index in [9.17, 15) is 0 Å². The molecule has 0 amide bonds. The zero-order valence-corrected chi connectivity index (χ0v) is 15.2. The molecule has 26 heavy (non-hydrogen) atoms. The van der Waals surface area contributed by atoms with Crippen molar-refractivity contribution in [3.05, 3.63) is 66.5 Å². The highest BCUT2D eigenvalue weighted by atomic mass is 15.3. The van der Waals surface area contributed by atoms with Crippen molar-refractivity contribution in [1.29, 1.82) is 0 Å². The van der Waals surface area contributed by atoms with E-state index in [-0.39, 0.29) is 6.04 Å². The Bertz CT molecular complexity index is 838. The Labute approximate surface area is 154 Å². The number of hydrogen-bond donors (Lipinski definition) is 1. The van der Waals surface area contributed by atoms with Gasteiger partial charge in [0.05, 0.1) is 11.6 Å². The smallest absolute Gasteiger partial charge is 0.137 e. The van der Waals surface area contributed by atoms with E-state index in [1.54, 1.807) is 6.33 Å². The maximum Gasteiger partial charge on any atom is 0.137 e. The predicted molar refractivity (Wildman–Crippen MR) is 106 cm³/mol. The topological polar surface area (TPSA) is 44.3 Å². The molecule has 2 heterocycles. The minimum absolute atomic E-state index is 0.193. The molecule has 1 aromatic heterocycles. The number of rotatable bonds is 5. The minimum Gasteiger partial charge on any atom is -0.361 e. The second kappa shape index (κ2) is 7.81. The largest absolute Gasteiger partial charge is 0.361 e. The van der Waals surface area contributed by atoms with Crippen molar-refractivity contribution in [2.75, 3.05) is 45.1 Å². The van der Waals surface area contributed by atoms with Gasteiger partial charge in [-0.3, -0.25) is 4.90 Å². The summed E-state index contributed by atoms with van der Waals surface area (Å²) >= 11 is 0. The third kappa shape index (κ3) is 3.84. The summed E-state index contributed by atoms with van der Waals surface area (Å²) in [6, 6.07) is 19.0. The van der Waals surface area contributed by atoms with E-state index < -0.39 is 0 Å². The molecular formula is C21H25N5. The van der Waals surface area contributed by atoms with Crippen LogP contribution in [0.1, 0.15) is 11.6 Å². The van der Waals surface area contributed by atoms with Gasteiger partial charge in [0.15, 0.2) is 0 Å². The molecule has 1 aliphatic rings. The number of fused-ring (bicyclic) bond motifs is 1. The Hall–Kier alpha value is -2.50. The first-order valence-corrected chi connectivity index (χ1v) is 9.22. The quantitative estimate of drug-likeness (QED) is 0.769. The normalized spacial score (nSPS) is 17.3. The first kappa shape index (κ1) is 16.9. The molecule has 1 fully saturated rings. The summed E-state index contributed by atoms with van der Waals surface area (Å²) < 4.78 is 0. The van der Waals surface area contributed by atoms with Gasteiger partial charge in [-0.15, -0.1) is 0 Å². The lowest BCUT2D eigenvalue weighted by Gasteiger charge is -2.35. The zero-order chi connectivity index (χ0) is 17.8. The van der Waals surface area contributed by atoms with Crippen LogP contribution in [-0.2, 0) is 0 Å². The van der Waals surface area contributed by atoms with E-state index in [0.717, 1.165) is 49.4 Å². The Balaban J connectivity index is 1.60. The van der Waals surface area contributed by atoms with Crippen molar-refractivity contribution in [2.24, 2.45) is 0 Å². The summed E-state index contributed by atoms with van der Waals surface area (Å²) in [6.45, 7) is 5.42. The van der Waals surface area contributed by atoms with E-state index in [2.05, 4.69) is 68.5 Å². The molecular weight excluding hydrogens is 322 g/mol. The van der Waals surface area contributed by atoms with Gasteiger partial charge in [0.25, 0.3) is 0 Å². The van der Waals surface area contributed by atoms with Crippen LogP contribution in [0.5, 0.6) is 0 Å². The zero-order valence-electron chi connectivity index (χ0n) is 15.2. The average molecular weight is 347 g/mol. The molecule has 0 saturated carbocycles. The fourth-order valence-electron chi connectivity index (χ4n) is 3.49. The number of nitrogens with one attached hydrogen (secondary N) is 1. The van der Waals surface area contributed by atoms with Crippen molar-refractivity contribution in [1.82, 2.24) is 19.8 Å². The number of anilines is 1. The highest BCUT2D eigenvalue weighted by Gasteiger charge is 2.20. The molecule has 0 spiro atoms. The van der Waals surface area contributed by atoms with Gasteiger partial charge in [0, 0.05) is 38.1 Å². The molecule has 0 unspecified atom stereocenters. The summed E-state index contributed by atoms with van der Waals surface area (Å²) in [5, 5.41) is 4.75. The minimum atomic E-state index is 0.193. The summed E-state index contributed by atoms with van der Waals surface area (Å²) in [5.74, 6) is 0.901. The summed E-state index contributed by atoms with van der Waals surface area (Å²) in [5.41, 5.74) is 2.26. The number of piperazine rings is 1. The van der Waals surface area contributed by atoms with Crippen LogP contribution < -0.4 is 5.32 Å². The molecule has 1 atom stereocenters. The van der Waals surface area contributed by atoms with Gasteiger partial charge in [-0.25, -0.2) is 9.97 Å². The van der Waals surface area contributed by atoms with Crippen LogP contribution in [0, 0.1) is 0 Å². The predicted octanol–water partition coefficient (Wildman–Crippen LogP) is 3.03. The summed E-state index contributed by atoms with van der Waals surface area (Å²) in [4.78, 5) is 13.8. The number of likely N-dealkylation sites (N-methyl/N-ethyl adjacent to an activating group) is 1. The van der Waals surface area contributed by atoms with Crippen molar-refractivity contribution in [2.45, 2.75) is 6.04 Å². The first-order valence-electron chi connectivity index (χ1n) is 9.22. The highest BCUT2D eigenvalue weighted by Crippen LogP contribution is 2.25. The van der Waals surface area contributed by atoms with Crippen molar-refractivity contribution in [3.8, 4) is 0 Å². The van der Waals surface area contributed by atoms with Gasteiger partial charge in [0.1, 0.15) is 12.1 Å². The van der Waals surface area contributed by atoms with E-state index in [1.807, 2.05) is 18.2 Å². The second-order valence-electron chi connectivity index (χ2n) is 6.95.